The normalized spacial score (nSPS) is 20.5. The summed E-state index contributed by atoms with van der Waals surface area (Å²) in [6, 6.07) is 14.5. The molecule has 166 valence electrons. The topological polar surface area (TPSA) is 55.3 Å². The molecule has 2 aliphatic rings. The fourth-order valence-electron chi connectivity index (χ4n) is 4.39. The van der Waals surface area contributed by atoms with Gasteiger partial charge in [-0.3, -0.25) is 4.99 Å². The summed E-state index contributed by atoms with van der Waals surface area (Å²) in [5.41, 5.74) is 3.52. The fraction of sp³-hybridized carbons (Fsp3) is 0.480. The smallest absolute Gasteiger partial charge is 0.193 e. The standard InChI is InChI=1S/C25H33N3O3/c1-18-11-21-12-23(29-3)22(13-24(21)31-18)14-27-25(26-2)28-10-9-20(15-28)17-30-16-19-7-5-4-6-8-19/h4-8,12-13,18,20H,9-11,14-17H2,1-3H3,(H,26,27). The second kappa shape index (κ2) is 10.1. The number of methoxy groups -OCH3 is 1. The van der Waals surface area contributed by atoms with E-state index in [0.29, 0.717) is 19.1 Å². The average molecular weight is 424 g/mol. The monoisotopic (exact) mass is 423 g/mol. The summed E-state index contributed by atoms with van der Waals surface area (Å²) < 4.78 is 17.5. The van der Waals surface area contributed by atoms with E-state index in [-0.39, 0.29) is 6.10 Å². The van der Waals surface area contributed by atoms with E-state index >= 15 is 0 Å². The largest absolute Gasteiger partial charge is 0.496 e. The predicted octanol–water partition coefficient (Wildman–Crippen LogP) is 3.63. The molecule has 0 saturated carbocycles. The van der Waals surface area contributed by atoms with E-state index in [1.807, 2.05) is 25.2 Å². The maximum Gasteiger partial charge on any atom is 0.193 e. The van der Waals surface area contributed by atoms with Gasteiger partial charge in [0.1, 0.15) is 17.6 Å². The van der Waals surface area contributed by atoms with E-state index in [4.69, 9.17) is 14.2 Å². The average Bonchev–Trinajstić information content (AvgIpc) is 3.39. The zero-order chi connectivity index (χ0) is 21.6. The van der Waals surface area contributed by atoms with Crippen LogP contribution < -0.4 is 14.8 Å². The summed E-state index contributed by atoms with van der Waals surface area (Å²) in [5, 5.41) is 3.51. The molecule has 2 atom stereocenters. The number of ether oxygens (including phenoxy) is 3. The van der Waals surface area contributed by atoms with Crippen molar-refractivity contribution in [2.45, 2.75) is 39.0 Å². The van der Waals surface area contributed by atoms with Gasteiger partial charge in [0.2, 0.25) is 0 Å². The van der Waals surface area contributed by atoms with Crippen LogP contribution in [0.15, 0.2) is 47.5 Å². The minimum atomic E-state index is 0.223. The van der Waals surface area contributed by atoms with E-state index in [9.17, 15) is 0 Å². The molecule has 0 amide bonds. The lowest BCUT2D eigenvalue weighted by atomic mass is 10.1. The van der Waals surface area contributed by atoms with Crippen LogP contribution in [0.2, 0.25) is 0 Å². The predicted molar refractivity (Wildman–Crippen MR) is 123 cm³/mol. The second-order valence-corrected chi connectivity index (χ2v) is 8.41. The molecular formula is C25H33N3O3. The molecule has 4 rings (SSSR count). The van der Waals surface area contributed by atoms with Crippen LogP contribution in [0.1, 0.15) is 30.0 Å². The van der Waals surface area contributed by atoms with Gasteiger partial charge in [-0.2, -0.15) is 0 Å². The Hall–Kier alpha value is -2.73. The van der Waals surface area contributed by atoms with E-state index in [1.165, 1.54) is 11.1 Å². The SMILES string of the molecule is CN=C(NCc1cc2c(cc1OC)CC(C)O2)N1CCC(COCc2ccccc2)C1. The van der Waals surface area contributed by atoms with Crippen molar-refractivity contribution in [3.05, 3.63) is 59.2 Å². The Labute approximate surface area is 185 Å². The van der Waals surface area contributed by atoms with Gasteiger partial charge in [0.05, 0.1) is 20.3 Å². The molecule has 2 aromatic carbocycles. The highest BCUT2D eigenvalue weighted by atomic mass is 16.5. The Morgan fingerprint density at radius 2 is 2.10 bits per heavy atom. The Morgan fingerprint density at radius 3 is 2.87 bits per heavy atom. The van der Waals surface area contributed by atoms with Crippen LogP contribution in [0.4, 0.5) is 0 Å². The lowest BCUT2D eigenvalue weighted by Crippen LogP contribution is -2.39. The molecule has 2 unspecified atom stereocenters. The fourth-order valence-corrected chi connectivity index (χ4v) is 4.39. The molecule has 2 aromatic rings. The van der Waals surface area contributed by atoms with Crippen molar-refractivity contribution in [1.29, 1.82) is 0 Å². The van der Waals surface area contributed by atoms with E-state index in [1.54, 1.807) is 7.11 Å². The van der Waals surface area contributed by atoms with Crippen LogP contribution in [0.5, 0.6) is 11.5 Å². The highest BCUT2D eigenvalue weighted by Crippen LogP contribution is 2.35. The first-order valence-electron chi connectivity index (χ1n) is 11.1. The van der Waals surface area contributed by atoms with Crippen molar-refractivity contribution >= 4 is 5.96 Å². The molecule has 6 nitrogen and oxygen atoms in total. The summed E-state index contributed by atoms with van der Waals surface area (Å²) in [7, 11) is 3.56. The first-order chi connectivity index (χ1) is 15.2. The molecule has 1 saturated heterocycles. The molecular weight excluding hydrogens is 390 g/mol. The molecule has 0 spiro atoms. The summed E-state index contributed by atoms with van der Waals surface area (Å²) >= 11 is 0. The second-order valence-electron chi connectivity index (χ2n) is 8.41. The number of hydrogen-bond donors (Lipinski definition) is 1. The third kappa shape index (κ3) is 5.31. The van der Waals surface area contributed by atoms with Crippen LogP contribution in [0, 0.1) is 5.92 Å². The third-order valence-corrected chi connectivity index (χ3v) is 6.00. The minimum absolute atomic E-state index is 0.223. The van der Waals surface area contributed by atoms with E-state index in [2.05, 4.69) is 46.4 Å². The summed E-state index contributed by atoms with van der Waals surface area (Å²) in [6.45, 7) is 6.13. The molecule has 6 heteroatoms. The van der Waals surface area contributed by atoms with Crippen molar-refractivity contribution in [1.82, 2.24) is 10.2 Å². The summed E-state index contributed by atoms with van der Waals surface area (Å²) in [4.78, 5) is 6.82. The van der Waals surface area contributed by atoms with Gasteiger partial charge in [-0.15, -0.1) is 0 Å². The molecule has 1 fully saturated rings. The Bertz CT molecular complexity index is 900. The molecule has 2 heterocycles. The number of nitrogens with one attached hydrogen (secondary N) is 1. The molecule has 1 N–H and O–H groups in total. The number of aliphatic imine (C=N–C) groups is 1. The van der Waals surface area contributed by atoms with Crippen LogP contribution in [-0.4, -0.2) is 50.8 Å². The number of fused-ring (bicyclic) bond motifs is 1. The van der Waals surface area contributed by atoms with Gasteiger partial charge in [-0.1, -0.05) is 30.3 Å². The molecule has 0 aromatic heterocycles. The maximum atomic E-state index is 5.96. The van der Waals surface area contributed by atoms with Crippen molar-refractivity contribution in [3.8, 4) is 11.5 Å². The van der Waals surface area contributed by atoms with Gasteiger partial charge in [-0.25, -0.2) is 0 Å². The van der Waals surface area contributed by atoms with Crippen molar-refractivity contribution < 1.29 is 14.2 Å². The van der Waals surface area contributed by atoms with Gasteiger partial charge in [0.15, 0.2) is 5.96 Å². The first-order valence-corrected chi connectivity index (χ1v) is 11.1. The van der Waals surface area contributed by atoms with Gasteiger partial charge in [0, 0.05) is 50.1 Å². The number of rotatable bonds is 7. The number of hydrogen-bond acceptors (Lipinski definition) is 4. The lowest BCUT2D eigenvalue weighted by Gasteiger charge is -2.22. The van der Waals surface area contributed by atoms with E-state index < -0.39 is 0 Å². The van der Waals surface area contributed by atoms with Crippen LogP contribution in [0.3, 0.4) is 0 Å². The highest BCUT2D eigenvalue weighted by Gasteiger charge is 2.26. The van der Waals surface area contributed by atoms with E-state index in [0.717, 1.165) is 55.6 Å². The number of guanidine groups is 1. The van der Waals surface area contributed by atoms with Crippen molar-refractivity contribution in [2.75, 3.05) is 33.9 Å². The zero-order valence-electron chi connectivity index (χ0n) is 18.8. The minimum Gasteiger partial charge on any atom is -0.496 e. The molecule has 0 radical (unpaired) electrons. The number of nitrogens with zero attached hydrogens (tertiary/aromatic N) is 2. The molecule has 0 aliphatic carbocycles. The Kier molecular flexibility index (Phi) is 6.97. The highest BCUT2D eigenvalue weighted by molar-refractivity contribution is 5.80. The zero-order valence-corrected chi connectivity index (χ0v) is 18.8. The van der Waals surface area contributed by atoms with Crippen LogP contribution in [0.25, 0.3) is 0 Å². The Balaban J connectivity index is 1.29. The summed E-state index contributed by atoms with van der Waals surface area (Å²) in [5.74, 6) is 3.30. The molecule has 31 heavy (non-hydrogen) atoms. The van der Waals surface area contributed by atoms with Gasteiger partial charge < -0.3 is 24.4 Å². The van der Waals surface area contributed by atoms with Crippen molar-refractivity contribution in [2.24, 2.45) is 10.9 Å². The number of benzene rings is 2. The van der Waals surface area contributed by atoms with Gasteiger partial charge in [-0.05, 0) is 31.0 Å². The quantitative estimate of drug-likeness (QED) is 0.544. The summed E-state index contributed by atoms with van der Waals surface area (Å²) in [6.07, 6.45) is 2.27. The molecule has 2 aliphatic heterocycles. The molecule has 0 bridgehead atoms. The lowest BCUT2D eigenvalue weighted by molar-refractivity contribution is 0.0906. The van der Waals surface area contributed by atoms with Gasteiger partial charge >= 0.3 is 0 Å². The van der Waals surface area contributed by atoms with Crippen LogP contribution in [-0.2, 0) is 24.3 Å². The number of likely N-dealkylation sites (tertiary alicyclic amines) is 1. The third-order valence-electron chi connectivity index (χ3n) is 6.00. The Morgan fingerprint density at radius 1 is 1.26 bits per heavy atom. The maximum absolute atomic E-state index is 5.96. The van der Waals surface area contributed by atoms with Crippen LogP contribution >= 0.6 is 0 Å². The van der Waals surface area contributed by atoms with Crippen molar-refractivity contribution in [3.63, 3.8) is 0 Å². The van der Waals surface area contributed by atoms with Gasteiger partial charge in [0.25, 0.3) is 0 Å². The first kappa shape index (κ1) is 21.5.